The number of carbonyl (C=O) groups excluding carboxylic acids is 2. The van der Waals surface area contributed by atoms with Crippen LogP contribution >= 0.6 is 0 Å². The van der Waals surface area contributed by atoms with Crippen molar-refractivity contribution in [2.45, 2.75) is 23.6 Å². The van der Waals surface area contributed by atoms with E-state index in [0.29, 0.717) is 30.7 Å². The summed E-state index contributed by atoms with van der Waals surface area (Å²) in [6.45, 7) is 2.83. The maximum absolute atomic E-state index is 12.6. The van der Waals surface area contributed by atoms with Gasteiger partial charge < -0.3 is 0 Å². The van der Waals surface area contributed by atoms with Crippen LogP contribution < -0.4 is 2.81 Å². The molecular formula is C18H17NaO10S2. The summed E-state index contributed by atoms with van der Waals surface area (Å²) in [6.07, 6.45) is 0. The van der Waals surface area contributed by atoms with Gasteiger partial charge in [-0.15, -0.1) is 0 Å². The van der Waals surface area contributed by atoms with Crippen LogP contribution in [0.1, 0.15) is 34.6 Å². The first-order chi connectivity index (χ1) is 14.3. The van der Waals surface area contributed by atoms with E-state index in [1.165, 1.54) is 26.0 Å². The van der Waals surface area contributed by atoms with Gasteiger partial charge in [0.2, 0.25) is 0 Å². The Morgan fingerprint density at radius 2 is 1.42 bits per heavy atom. The predicted molar refractivity (Wildman–Crippen MR) is 109 cm³/mol. The van der Waals surface area contributed by atoms with Gasteiger partial charge in [0.1, 0.15) is 0 Å². The summed E-state index contributed by atoms with van der Waals surface area (Å²) in [5, 5.41) is 0. The number of hydrogen-bond acceptors (Lipinski definition) is 8. The monoisotopic (exact) mass is 480 g/mol. The summed E-state index contributed by atoms with van der Waals surface area (Å²) in [7, 11) is -9.93. The van der Waals surface area contributed by atoms with Crippen molar-refractivity contribution in [3.05, 3.63) is 41.5 Å². The first kappa shape index (κ1) is 25.5. The van der Waals surface area contributed by atoms with Gasteiger partial charge in [0.05, 0.1) is 0 Å². The van der Waals surface area contributed by atoms with E-state index in [0.717, 1.165) is 18.2 Å². The molecule has 0 aliphatic carbocycles. The van der Waals surface area contributed by atoms with E-state index in [4.69, 9.17) is 9.47 Å². The Morgan fingerprint density at radius 3 is 1.94 bits per heavy atom. The van der Waals surface area contributed by atoms with Crippen LogP contribution in [0.15, 0.2) is 40.1 Å². The quantitative estimate of drug-likeness (QED) is 0.332. The van der Waals surface area contributed by atoms with Crippen LogP contribution in [0.4, 0.5) is 0 Å². The fraction of sp³-hybridized carbons (Fsp3) is 0.222. The van der Waals surface area contributed by atoms with Gasteiger partial charge in [-0.3, -0.25) is 0 Å². The topological polar surface area (TPSA) is 161 Å². The summed E-state index contributed by atoms with van der Waals surface area (Å²) in [5.41, 5.74) is -1.79. The zero-order chi connectivity index (χ0) is 23.6. The van der Waals surface area contributed by atoms with Gasteiger partial charge in [-0.1, -0.05) is 0 Å². The standard InChI is InChI=1S/C18H17O10S2.Na/c1-3-27-17(19)11-9-13(18(20)28-4-2)16(15(10-11)30(24,25)26)12-7-5-6-8-14(12)29(21,22)23;/h5,7-10H,3-4H2,1-2H3,(H,21,22,23)(H,24,25,26);. The van der Waals surface area contributed by atoms with Crippen molar-refractivity contribution in [3.63, 3.8) is 0 Å². The van der Waals surface area contributed by atoms with E-state index < -0.39 is 53.1 Å². The summed E-state index contributed by atoms with van der Waals surface area (Å²) in [4.78, 5) is 23.2. The van der Waals surface area contributed by atoms with Crippen LogP contribution in [0.2, 0.25) is 0 Å². The van der Waals surface area contributed by atoms with E-state index in [1.807, 2.05) is 0 Å². The molecule has 0 fully saturated rings. The molecule has 0 unspecified atom stereocenters. The van der Waals surface area contributed by atoms with E-state index in [-0.39, 0.29) is 24.3 Å². The van der Waals surface area contributed by atoms with Crippen LogP contribution in [-0.4, -0.2) is 79.0 Å². The van der Waals surface area contributed by atoms with Crippen molar-refractivity contribution in [1.82, 2.24) is 0 Å². The van der Waals surface area contributed by atoms with Gasteiger partial charge in [0.25, 0.3) is 0 Å². The Labute approximate surface area is 196 Å². The number of benzene rings is 2. The van der Waals surface area contributed by atoms with Gasteiger partial charge >= 0.3 is 197 Å². The number of hydrogen-bond donors (Lipinski definition) is 2. The van der Waals surface area contributed by atoms with Crippen molar-refractivity contribution < 1.29 is 45.0 Å². The van der Waals surface area contributed by atoms with Crippen LogP contribution in [0.25, 0.3) is 11.1 Å². The van der Waals surface area contributed by atoms with Crippen molar-refractivity contribution in [2.75, 3.05) is 13.2 Å². The van der Waals surface area contributed by atoms with Crippen LogP contribution in [-0.2, 0) is 29.7 Å². The predicted octanol–water partition coefficient (Wildman–Crippen LogP) is 0.994. The molecule has 0 atom stereocenters. The second-order valence-corrected chi connectivity index (χ2v) is 10.2. The molecule has 162 valence electrons. The maximum atomic E-state index is 12.6. The molecule has 2 aromatic carbocycles. The molecule has 0 radical (unpaired) electrons. The zero-order valence-electron chi connectivity index (χ0n) is 16.8. The third-order valence-electron chi connectivity index (χ3n) is 4.07. The molecule has 0 saturated heterocycles. The normalized spacial score (nSPS) is 11.8. The molecule has 2 rings (SSSR count). The molecule has 0 aromatic heterocycles. The molecule has 0 heterocycles. The SMILES string of the molecule is CCOC(=O)c1cc(C(=O)OCC)c(-c2cc[c]([Na])cc2S(=O)(=O)O)c(S(=O)(=O)O)c1. The minimum absolute atomic E-state index is 0.0503. The fourth-order valence-electron chi connectivity index (χ4n) is 2.85. The molecule has 2 N–H and O–H groups in total. The molecule has 0 aliphatic rings. The number of ether oxygens (including phenoxy) is 2. The minimum atomic E-state index is -5.08. The van der Waals surface area contributed by atoms with Crippen LogP contribution in [0.3, 0.4) is 0 Å². The molecule has 2 aromatic rings. The van der Waals surface area contributed by atoms with Gasteiger partial charge in [-0.05, 0) is 0 Å². The van der Waals surface area contributed by atoms with Gasteiger partial charge in [-0.2, -0.15) is 0 Å². The number of rotatable bonds is 7. The Hall–Kier alpha value is -1.80. The molecule has 31 heavy (non-hydrogen) atoms. The van der Waals surface area contributed by atoms with E-state index in [2.05, 4.69) is 0 Å². The average Bonchev–Trinajstić information content (AvgIpc) is 2.66. The van der Waals surface area contributed by atoms with E-state index in [1.54, 1.807) is 0 Å². The first-order valence-electron chi connectivity index (χ1n) is 8.89. The Kier molecular flexibility index (Phi) is 8.03. The average molecular weight is 480 g/mol. The molecule has 0 aliphatic heterocycles. The van der Waals surface area contributed by atoms with Gasteiger partial charge in [0.15, 0.2) is 0 Å². The number of esters is 2. The van der Waals surface area contributed by atoms with Crippen molar-refractivity contribution >= 4 is 62.9 Å². The second kappa shape index (κ2) is 9.77. The molecule has 13 heteroatoms. The number of carbonyl (C=O) groups is 2. The van der Waals surface area contributed by atoms with E-state index >= 15 is 0 Å². The van der Waals surface area contributed by atoms with E-state index in [9.17, 15) is 35.5 Å². The summed E-state index contributed by atoms with van der Waals surface area (Å²) in [6, 6.07) is 5.52. The van der Waals surface area contributed by atoms with Crippen LogP contribution in [0, 0.1) is 0 Å². The van der Waals surface area contributed by atoms with Crippen molar-refractivity contribution in [3.8, 4) is 11.1 Å². The zero-order valence-corrected chi connectivity index (χ0v) is 20.4. The van der Waals surface area contributed by atoms with Gasteiger partial charge in [-0.25, -0.2) is 0 Å². The molecule has 0 bridgehead atoms. The molecular weight excluding hydrogens is 463 g/mol. The summed E-state index contributed by atoms with van der Waals surface area (Å²) in [5.74, 6) is -2.06. The van der Waals surface area contributed by atoms with Crippen LogP contribution in [0.5, 0.6) is 0 Å². The summed E-state index contributed by atoms with van der Waals surface area (Å²) < 4.78 is 78.1. The first-order valence-corrected chi connectivity index (χ1v) is 12.8. The van der Waals surface area contributed by atoms with Gasteiger partial charge in [0, 0.05) is 0 Å². The third kappa shape index (κ3) is 5.92. The Bertz CT molecular complexity index is 1250. The fourth-order valence-corrected chi connectivity index (χ4v) is 5.05. The Balaban J connectivity index is 3.08. The van der Waals surface area contributed by atoms with Crippen molar-refractivity contribution in [1.29, 1.82) is 0 Å². The molecule has 10 nitrogen and oxygen atoms in total. The third-order valence-corrected chi connectivity index (χ3v) is 6.46. The molecule has 0 spiro atoms. The Morgan fingerprint density at radius 1 is 0.871 bits per heavy atom. The molecule has 0 amide bonds. The second-order valence-electron chi connectivity index (χ2n) is 6.29. The molecule has 0 saturated carbocycles. The summed E-state index contributed by atoms with van der Waals surface area (Å²) >= 11 is 0.402. The van der Waals surface area contributed by atoms with Crippen molar-refractivity contribution in [2.24, 2.45) is 0 Å².